The van der Waals surface area contributed by atoms with Crippen LogP contribution in [-0.4, -0.2) is 37.8 Å². The van der Waals surface area contributed by atoms with Crippen molar-refractivity contribution in [2.24, 2.45) is 0 Å². The molecular weight excluding hydrogens is 360 g/mol. The molecule has 0 atom stereocenters. The quantitative estimate of drug-likeness (QED) is 0.859. The number of hydrogen-bond donors (Lipinski definition) is 1. The number of benzene rings is 2. The van der Waals surface area contributed by atoms with Gasteiger partial charge in [-0.05, 0) is 61.1 Å². The number of amides is 1. The summed E-state index contributed by atoms with van der Waals surface area (Å²) in [6.07, 6.45) is 5.09. The standard InChI is InChI=1S/C21H24N2O3S/c24-21(22-19-10-11-19)18-6-4-16(5-7-18)17-8-12-20(13-9-17)27(25,26)23-14-2-1-3-15-23/h4-9,12-13,19H,1-3,10-11,14-15H2,(H,22,24). The van der Waals surface area contributed by atoms with Crippen molar-refractivity contribution in [3.8, 4) is 11.1 Å². The lowest BCUT2D eigenvalue weighted by molar-refractivity contribution is 0.0951. The number of sulfonamides is 1. The average Bonchev–Trinajstić information content (AvgIpc) is 3.53. The SMILES string of the molecule is O=C(NC1CC1)c1ccc(-c2ccc(S(=O)(=O)N3CCCCC3)cc2)cc1. The Morgan fingerprint density at radius 2 is 1.41 bits per heavy atom. The van der Waals surface area contributed by atoms with Crippen molar-refractivity contribution in [1.29, 1.82) is 0 Å². The molecule has 2 aromatic carbocycles. The monoisotopic (exact) mass is 384 g/mol. The molecule has 1 heterocycles. The van der Waals surface area contributed by atoms with Crippen LogP contribution in [0.1, 0.15) is 42.5 Å². The summed E-state index contributed by atoms with van der Waals surface area (Å²) in [5.74, 6) is -0.0352. The zero-order chi connectivity index (χ0) is 18.9. The second kappa shape index (κ2) is 7.44. The van der Waals surface area contributed by atoms with Gasteiger partial charge in [-0.1, -0.05) is 30.7 Å². The first-order chi connectivity index (χ1) is 13.0. The third-order valence-electron chi connectivity index (χ3n) is 5.20. The Kier molecular flexibility index (Phi) is 5.02. The van der Waals surface area contributed by atoms with Crippen molar-refractivity contribution in [3.63, 3.8) is 0 Å². The van der Waals surface area contributed by atoms with Gasteiger partial charge in [0.05, 0.1) is 4.90 Å². The Bertz CT molecular complexity index is 911. The largest absolute Gasteiger partial charge is 0.349 e. The van der Waals surface area contributed by atoms with Gasteiger partial charge in [-0.3, -0.25) is 4.79 Å². The molecule has 5 nitrogen and oxygen atoms in total. The van der Waals surface area contributed by atoms with E-state index in [1.807, 2.05) is 36.4 Å². The highest BCUT2D eigenvalue weighted by Gasteiger charge is 2.26. The van der Waals surface area contributed by atoms with E-state index in [1.165, 1.54) is 0 Å². The molecule has 1 saturated heterocycles. The van der Waals surface area contributed by atoms with Crippen LogP contribution in [0.4, 0.5) is 0 Å². The summed E-state index contributed by atoms with van der Waals surface area (Å²) in [5.41, 5.74) is 2.54. The minimum atomic E-state index is -3.40. The van der Waals surface area contributed by atoms with Gasteiger partial charge in [-0.25, -0.2) is 8.42 Å². The molecule has 6 heteroatoms. The summed E-state index contributed by atoms with van der Waals surface area (Å²) in [6, 6.07) is 14.8. The molecule has 27 heavy (non-hydrogen) atoms. The van der Waals surface area contributed by atoms with E-state index >= 15 is 0 Å². The minimum absolute atomic E-state index is 0.0352. The fourth-order valence-corrected chi connectivity index (χ4v) is 4.90. The van der Waals surface area contributed by atoms with E-state index in [0.717, 1.165) is 43.2 Å². The van der Waals surface area contributed by atoms with Crippen molar-refractivity contribution in [2.45, 2.75) is 43.0 Å². The number of carbonyl (C=O) groups is 1. The highest BCUT2D eigenvalue weighted by atomic mass is 32.2. The van der Waals surface area contributed by atoms with Crippen molar-refractivity contribution in [1.82, 2.24) is 9.62 Å². The van der Waals surface area contributed by atoms with Gasteiger partial charge in [0, 0.05) is 24.7 Å². The van der Waals surface area contributed by atoms with Crippen molar-refractivity contribution < 1.29 is 13.2 Å². The maximum absolute atomic E-state index is 12.7. The highest BCUT2D eigenvalue weighted by Crippen LogP contribution is 2.25. The first kappa shape index (κ1) is 18.2. The molecule has 2 aromatic rings. The predicted molar refractivity (Wildman–Crippen MR) is 105 cm³/mol. The van der Waals surface area contributed by atoms with E-state index < -0.39 is 10.0 Å². The van der Waals surface area contributed by atoms with Gasteiger partial charge < -0.3 is 5.32 Å². The number of hydrogen-bond acceptors (Lipinski definition) is 3. The number of carbonyl (C=O) groups excluding carboxylic acids is 1. The lowest BCUT2D eigenvalue weighted by Crippen LogP contribution is -2.35. The molecule has 0 spiro atoms. The van der Waals surface area contributed by atoms with Crippen LogP contribution in [0.3, 0.4) is 0 Å². The second-order valence-electron chi connectivity index (χ2n) is 7.31. The minimum Gasteiger partial charge on any atom is -0.349 e. The molecule has 2 fully saturated rings. The summed E-state index contributed by atoms with van der Waals surface area (Å²) >= 11 is 0. The van der Waals surface area contributed by atoms with Crippen LogP contribution >= 0.6 is 0 Å². The van der Waals surface area contributed by atoms with E-state index in [2.05, 4.69) is 5.32 Å². The highest BCUT2D eigenvalue weighted by molar-refractivity contribution is 7.89. The Morgan fingerprint density at radius 3 is 1.96 bits per heavy atom. The van der Waals surface area contributed by atoms with Gasteiger partial charge in [-0.15, -0.1) is 0 Å². The Hall–Kier alpha value is -2.18. The first-order valence-electron chi connectivity index (χ1n) is 9.55. The van der Waals surface area contributed by atoms with E-state index in [0.29, 0.717) is 29.6 Å². The van der Waals surface area contributed by atoms with Gasteiger partial charge in [0.15, 0.2) is 0 Å². The maximum atomic E-state index is 12.7. The molecule has 4 rings (SSSR count). The summed E-state index contributed by atoms with van der Waals surface area (Å²) in [7, 11) is -3.40. The lowest BCUT2D eigenvalue weighted by Gasteiger charge is -2.25. The molecular formula is C21H24N2O3S. The summed E-state index contributed by atoms with van der Waals surface area (Å²) in [6.45, 7) is 1.21. The van der Waals surface area contributed by atoms with Crippen molar-refractivity contribution in [3.05, 3.63) is 54.1 Å². The van der Waals surface area contributed by atoms with Gasteiger partial charge in [-0.2, -0.15) is 4.31 Å². The molecule has 1 aliphatic heterocycles. The molecule has 1 aliphatic carbocycles. The number of piperidine rings is 1. The Balaban J connectivity index is 1.49. The van der Waals surface area contributed by atoms with Crippen LogP contribution in [0.25, 0.3) is 11.1 Å². The maximum Gasteiger partial charge on any atom is 0.251 e. The molecule has 1 saturated carbocycles. The van der Waals surface area contributed by atoms with Crippen LogP contribution in [0.15, 0.2) is 53.4 Å². The van der Waals surface area contributed by atoms with Crippen LogP contribution in [0.2, 0.25) is 0 Å². The Morgan fingerprint density at radius 1 is 0.852 bits per heavy atom. The molecule has 1 amide bonds. The van der Waals surface area contributed by atoms with Crippen LogP contribution in [0, 0.1) is 0 Å². The number of nitrogens with zero attached hydrogens (tertiary/aromatic N) is 1. The topological polar surface area (TPSA) is 66.5 Å². The average molecular weight is 385 g/mol. The van der Waals surface area contributed by atoms with E-state index in [9.17, 15) is 13.2 Å². The normalized spacial score (nSPS) is 18.2. The molecule has 0 unspecified atom stereocenters. The predicted octanol–water partition coefficient (Wildman–Crippen LogP) is 3.42. The summed E-state index contributed by atoms with van der Waals surface area (Å²) < 4.78 is 27.0. The Labute approximate surface area is 160 Å². The number of rotatable bonds is 5. The van der Waals surface area contributed by atoms with E-state index in [-0.39, 0.29) is 5.91 Å². The van der Waals surface area contributed by atoms with Crippen LogP contribution in [0.5, 0.6) is 0 Å². The van der Waals surface area contributed by atoms with Crippen molar-refractivity contribution >= 4 is 15.9 Å². The van der Waals surface area contributed by atoms with Crippen LogP contribution < -0.4 is 5.32 Å². The third kappa shape index (κ3) is 4.06. The van der Waals surface area contributed by atoms with Gasteiger partial charge >= 0.3 is 0 Å². The zero-order valence-corrected chi connectivity index (χ0v) is 16.0. The molecule has 0 radical (unpaired) electrons. The van der Waals surface area contributed by atoms with Gasteiger partial charge in [0.1, 0.15) is 0 Å². The molecule has 142 valence electrons. The summed E-state index contributed by atoms with van der Waals surface area (Å²) in [5, 5.41) is 2.97. The van der Waals surface area contributed by atoms with E-state index in [4.69, 9.17) is 0 Å². The zero-order valence-electron chi connectivity index (χ0n) is 15.2. The number of nitrogens with one attached hydrogen (secondary N) is 1. The smallest absolute Gasteiger partial charge is 0.251 e. The third-order valence-corrected chi connectivity index (χ3v) is 7.11. The molecule has 1 N–H and O–H groups in total. The first-order valence-corrected chi connectivity index (χ1v) is 11.0. The lowest BCUT2D eigenvalue weighted by atomic mass is 10.0. The fourth-order valence-electron chi connectivity index (χ4n) is 3.38. The van der Waals surface area contributed by atoms with Gasteiger partial charge in [0.2, 0.25) is 10.0 Å². The molecule has 0 aromatic heterocycles. The van der Waals surface area contributed by atoms with Gasteiger partial charge in [0.25, 0.3) is 5.91 Å². The molecule has 2 aliphatic rings. The van der Waals surface area contributed by atoms with Crippen LogP contribution in [-0.2, 0) is 10.0 Å². The fraction of sp³-hybridized carbons (Fsp3) is 0.381. The van der Waals surface area contributed by atoms with Crippen molar-refractivity contribution in [2.75, 3.05) is 13.1 Å². The van der Waals surface area contributed by atoms with E-state index in [1.54, 1.807) is 16.4 Å². The molecule has 0 bridgehead atoms. The second-order valence-corrected chi connectivity index (χ2v) is 9.25. The summed E-state index contributed by atoms with van der Waals surface area (Å²) in [4.78, 5) is 12.4.